The summed E-state index contributed by atoms with van der Waals surface area (Å²) in [5, 5.41) is 11.3. The van der Waals surface area contributed by atoms with Crippen LogP contribution in [0.4, 0.5) is 26.2 Å². The van der Waals surface area contributed by atoms with E-state index in [1.165, 1.54) is 11.0 Å². The molecule has 1 aliphatic heterocycles. The summed E-state index contributed by atoms with van der Waals surface area (Å²) in [6.45, 7) is 5.73. The number of nitro groups is 1. The summed E-state index contributed by atoms with van der Waals surface area (Å²) < 4.78 is 13.7. The molecule has 0 unspecified atom stereocenters. The smallest absolute Gasteiger partial charge is 0.289 e. The lowest BCUT2D eigenvalue weighted by molar-refractivity contribution is -0.387. The lowest BCUT2D eigenvalue weighted by atomic mass is 10.0. The highest BCUT2D eigenvalue weighted by atomic mass is 35.5. The number of urea groups is 1. The van der Waals surface area contributed by atoms with Crippen LogP contribution in [0.25, 0.3) is 0 Å². The fraction of sp³-hybridized carbons (Fsp3) is 0.294. The summed E-state index contributed by atoms with van der Waals surface area (Å²) in [6.07, 6.45) is 1.56. The third-order valence-corrected chi connectivity index (χ3v) is 4.24. The molecule has 2 aromatic rings. The molecule has 0 spiro atoms. The number of halogens is 2. The lowest BCUT2D eigenvalue weighted by Gasteiger charge is -2.43. The van der Waals surface area contributed by atoms with Gasteiger partial charge >= 0.3 is 11.7 Å². The van der Waals surface area contributed by atoms with E-state index in [0.29, 0.717) is 5.69 Å². The molecule has 7 nitrogen and oxygen atoms in total. The van der Waals surface area contributed by atoms with Crippen molar-refractivity contribution in [1.29, 1.82) is 0 Å². The predicted octanol–water partition coefficient (Wildman–Crippen LogP) is 4.53. The van der Waals surface area contributed by atoms with Crippen LogP contribution in [0.2, 0.25) is 5.15 Å². The van der Waals surface area contributed by atoms with Crippen LogP contribution >= 0.6 is 11.6 Å². The lowest BCUT2D eigenvalue weighted by Crippen LogP contribution is -2.55. The number of pyridine rings is 1. The van der Waals surface area contributed by atoms with Gasteiger partial charge in [-0.2, -0.15) is 4.39 Å². The Balaban J connectivity index is 2.14. The van der Waals surface area contributed by atoms with Gasteiger partial charge < -0.3 is 0 Å². The van der Waals surface area contributed by atoms with Crippen molar-refractivity contribution in [3.05, 3.63) is 57.1 Å². The van der Waals surface area contributed by atoms with E-state index >= 15 is 0 Å². The maximum Gasteiger partial charge on any atom is 0.329 e. The highest BCUT2D eigenvalue weighted by molar-refractivity contribution is 6.29. The quantitative estimate of drug-likeness (QED) is 0.437. The number of rotatable bonds is 2. The number of anilines is 2. The van der Waals surface area contributed by atoms with E-state index < -0.39 is 22.0 Å². The number of nitrogens with zero attached hydrogens (tertiary/aromatic N) is 4. The first-order chi connectivity index (χ1) is 12.1. The maximum atomic E-state index is 13.7. The second-order valence-corrected chi connectivity index (χ2v) is 7.29. The summed E-state index contributed by atoms with van der Waals surface area (Å²) >= 11 is 5.99. The van der Waals surface area contributed by atoms with E-state index in [1.54, 1.807) is 17.2 Å². The molecule has 9 heteroatoms. The molecule has 1 aliphatic rings. The average molecular weight is 379 g/mol. The molecule has 0 aliphatic carbocycles. The summed E-state index contributed by atoms with van der Waals surface area (Å²) in [6, 6.07) is 4.62. The summed E-state index contributed by atoms with van der Waals surface area (Å²) in [7, 11) is 0. The van der Waals surface area contributed by atoms with Crippen molar-refractivity contribution in [3.8, 4) is 0 Å². The minimum absolute atomic E-state index is 0.147. The molecule has 0 N–H and O–H groups in total. The van der Waals surface area contributed by atoms with E-state index in [0.717, 1.165) is 17.7 Å². The highest BCUT2D eigenvalue weighted by Gasteiger charge is 2.38. The van der Waals surface area contributed by atoms with Crippen LogP contribution in [0.5, 0.6) is 0 Å². The molecule has 1 aromatic carbocycles. The topological polar surface area (TPSA) is 79.6 Å². The summed E-state index contributed by atoms with van der Waals surface area (Å²) in [5.74, 6) is -0.954. The summed E-state index contributed by atoms with van der Waals surface area (Å²) in [5.41, 5.74) is 0.336. The number of carbonyl (C=O) groups is 1. The number of carbonyl (C=O) groups excluding carboxylic acids is 1. The van der Waals surface area contributed by atoms with Crippen molar-refractivity contribution < 1.29 is 14.1 Å². The van der Waals surface area contributed by atoms with Crippen molar-refractivity contribution in [2.24, 2.45) is 0 Å². The number of amides is 2. The normalized spacial score (nSPS) is 14.4. The molecule has 2 heterocycles. The maximum absolute atomic E-state index is 13.7. The van der Waals surface area contributed by atoms with Gasteiger partial charge in [-0.15, -0.1) is 0 Å². The van der Waals surface area contributed by atoms with Crippen LogP contribution in [0.3, 0.4) is 0 Å². The Morgan fingerprint density at radius 3 is 2.62 bits per heavy atom. The molecule has 136 valence electrons. The van der Waals surface area contributed by atoms with Crippen molar-refractivity contribution in [3.63, 3.8) is 0 Å². The van der Waals surface area contributed by atoms with Gasteiger partial charge in [-0.3, -0.25) is 19.9 Å². The molecule has 0 saturated heterocycles. The Hall–Kier alpha value is -2.74. The third kappa shape index (κ3) is 3.08. The van der Waals surface area contributed by atoms with Gasteiger partial charge in [0.25, 0.3) is 0 Å². The van der Waals surface area contributed by atoms with E-state index in [-0.39, 0.29) is 23.4 Å². The molecule has 0 fully saturated rings. The molecule has 0 atom stereocenters. The van der Waals surface area contributed by atoms with Crippen LogP contribution < -0.4 is 9.80 Å². The minimum atomic E-state index is -0.954. The first kappa shape index (κ1) is 18.1. The number of fused-ring (bicyclic) bond motifs is 1. The number of benzene rings is 1. The van der Waals surface area contributed by atoms with Gasteiger partial charge in [-0.25, -0.2) is 9.78 Å². The van der Waals surface area contributed by atoms with Crippen LogP contribution in [-0.2, 0) is 6.54 Å². The van der Waals surface area contributed by atoms with Crippen LogP contribution in [-0.4, -0.2) is 21.5 Å². The zero-order valence-corrected chi connectivity index (χ0v) is 15.1. The zero-order chi connectivity index (χ0) is 19.2. The molecule has 0 bridgehead atoms. The van der Waals surface area contributed by atoms with E-state index in [2.05, 4.69) is 4.98 Å². The molecule has 0 radical (unpaired) electrons. The number of nitro benzene ring substituents is 1. The summed E-state index contributed by atoms with van der Waals surface area (Å²) in [4.78, 5) is 30.3. The van der Waals surface area contributed by atoms with Crippen molar-refractivity contribution in [2.45, 2.75) is 32.9 Å². The Morgan fingerprint density at radius 2 is 2.00 bits per heavy atom. The van der Waals surface area contributed by atoms with E-state index in [1.807, 2.05) is 20.8 Å². The first-order valence-electron chi connectivity index (χ1n) is 7.79. The van der Waals surface area contributed by atoms with Gasteiger partial charge in [0.1, 0.15) is 5.15 Å². The Bertz CT molecular complexity index is 913. The largest absolute Gasteiger partial charge is 0.329 e. The van der Waals surface area contributed by atoms with E-state index in [9.17, 15) is 19.3 Å². The zero-order valence-electron chi connectivity index (χ0n) is 14.4. The predicted molar refractivity (Wildman–Crippen MR) is 96.1 cm³/mol. The molecule has 0 saturated carbocycles. The Kier molecular flexibility index (Phi) is 4.31. The Labute approximate surface area is 154 Å². The van der Waals surface area contributed by atoms with Gasteiger partial charge in [-0.05, 0) is 39.0 Å². The van der Waals surface area contributed by atoms with Crippen molar-refractivity contribution in [1.82, 2.24) is 4.98 Å². The monoisotopic (exact) mass is 378 g/mol. The standard InChI is InChI=1S/C17H16ClFN4O3/c1-17(2,3)22-13-7-15(18)20-8-10(13)9-21(16(22)24)11-4-5-12(19)14(6-11)23(25)26/h4-8H,9H2,1-3H3. The van der Waals surface area contributed by atoms with Crippen LogP contribution in [0, 0.1) is 15.9 Å². The minimum Gasteiger partial charge on any atom is -0.289 e. The number of aromatic nitrogens is 1. The fourth-order valence-electron chi connectivity index (χ4n) is 2.90. The second kappa shape index (κ2) is 6.21. The fourth-order valence-corrected chi connectivity index (χ4v) is 3.05. The van der Waals surface area contributed by atoms with Gasteiger partial charge in [0.2, 0.25) is 5.82 Å². The molecular weight excluding hydrogens is 363 g/mol. The second-order valence-electron chi connectivity index (χ2n) is 6.90. The highest BCUT2D eigenvalue weighted by Crippen LogP contribution is 2.37. The SMILES string of the molecule is CC(C)(C)N1C(=O)N(c2ccc(F)c([N+](=O)[O-])c2)Cc2cnc(Cl)cc21. The van der Waals surface area contributed by atoms with Crippen LogP contribution in [0.1, 0.15) is 26.3 Å². The Morgan fingerprint density at radius 1 is 1.31 bits per heavy atom. The van der Waals surface area contributed by atoms with E-state index in [4.69, 9.17) is 11.6 Å². The van der Waals surface area contributed by atoms with Crippen molar-refractivity contribution >= 4 is 34.7 Å². The molecule has 3 rings (SSSR count). The molecule has 2 amide bonds. The van der Waals surface area contributed by atoms with Gasteiger partial charge in [0.05, 0.1) is 22.8 Å². The first-order valence-corrected chi connectivity index (χ1v) is 8.17. The molecular formula is C17H16ClFN4O3. The average Bonchev–Trinajstić information content (AvgIpc) is 2.53. The molecule has 26 heavy (non-hydrogen) atoms. The third-order valence-electron chi connectivity index (χ3n) is 4.03. The molecule has 1 aromatic heterocycles. The number of hydrogen-bond acceptors (Lipinski definition) is 4. The van der Waals surface area contributed by atoms with Crippen molar-refractivity contribution in [2.75, 3.05) is 9.80 Å². The van der Waals surface area contributed by atoms with Gasteiger partial charge in [0.15, 0.2) is 0 Å². The van der Waals surface area contributed by atoms with Gasteiger partial charge in [0, 0.05) is 23.4 Å². The number of hydrogen-bond donors (Lipinski definition) is 0. The van der Waals surface area contributed by atoms with Gasteiger partial charge in [-0.1, -0.05) is 11.6 Å². The van der Waals surface area contributed by atoms with Crippen LogP contribution in [0.15, 0.2) is 30.5 Å².